The molecule has 1 aliphatic heterocycles. The minimum absolute atomic E-state index is 0.0102. The fraction of sp³-hybridized carbons (Fsp3) is 0.333. The number of carbonyl (C=O) groups is 2. The number of aromatic nitrogens is 2. The van der Waals surface area contributed by atoms with E-state index in [-0.39, 0.29) is 18.4 Å². The number of nitrogens with zero attached hydrogens (tertiary/aromatic N) is 4. The number of pyridine rings is 1. The molecular formula is C15H17N5O2S. The summed E-state index contributed by atoms with van der Waals surface area (Å²) < 4.78 is 0. The number of aromatic amines is 1. The van der Waals surface area contributed by atoms with Crippen molar-refractivity contribution in [2.45, 2.75) is 0 Å². The zero-order valence-electron chi connectivity index (χ0n) is 12.9. The van der Waals surface area contributed by atoms with Crippen LogP contribution in [-0.2, 0) is 4.79 Å². The Morgan fingerprint density at radius 1 is 1.48 bits per heavy atom. The lowest BCUT2D eigenvalue weighted by atomic mass is 10.2. The summed E-state index contributed by atoms with van der Waals surface area (Å²) in [5, 5.41) is 1.35. The topological polar surface area (TPSA) is 81.7 Å². The monoisotopic (exact) mass is 331 g/mol. The van der Waals surface area contributed by atoms with Crippen LogP contribution in [0.1, 0.15) is 10.4 Å². The molecule has 2 aromatic heterocycles. The number of nitrogens with one attached hydrogen (secondary N) is 1. The molecular weight excluding hydrogens is 314 g/mol. The number of fused-ring (bicyclic) bond motifs is 1. The van der Waals surface area contributed by atoms with Crippen molar-refractivity contribution >= 4 is 39.8 Å². The Kier molecular flexibility index (Phi) is 4.33. The zero-order valence-corrected chi connectivity index (χ0v) is 13.8. The van der Waals surface area contributed by atoms with Crippen LogP contribution in [0, 0.1) is 0 Å². The third-order valence-electron chi connectivity index (χ3n) is 3.57. The van der Waals surface area contributed by atoms with Gasteiger partial charge in [-0.15, -0.1) is 0 Å². The molecule has 2 aromatic rings. The molecule has 2 amide bonds. The summed E-state index contributed by atoms with van der Waals surface area (Å²) in [6.07, 6.45) is 3.29. The predicted octanol–water partition coefficient (Wildman–Crippen LogP) is 1.20. The Morgan fingerprint density at radius 3 is 3.09 bits per heavy atom. The van der Waals surface area contributed by atoms with Crippen LogP contribution in [0.5, 0.6) is 0 Å². The van der Waals surface area contributed by atoms with E-state index in [0.717, 1.165) is 11.1 Å². The van der Waals surface area contributed by atoms with E-state index in [4.69, 9.17) is 0 Å². The van der Waals surface area contributed by atoms with Crippen molar-refractivity contribution < 1.29 is 9.59 Å². The highest BCUT2D eigenvalue weighted by Crippen LogP contribution is 2.21. The average molecular weight is 331 g/mol. The maximum Gasteiger partial charge on any atom is 0.281 e. The van der Waals surface area contributed by atoms with Crippen LogP contribution in [0.25, 0.3) is 11.0 Å². The number of amidine groups is 1. The summed E-state index contributed by atoms with van der Waals surface area (Å²) in [5.74, 6) is 0.488. The number of H-pyrrole nitrogens is 1. The molecule has 7 nitrogen and oxygen atoms in total. The van der Waals surface area contributed by atoms with Crippen molar-refractivity contribution in [2.75, 3.05) is 32.9 Å². The Balaban J connectivity index is 1.82. The van der Waals surface area contributed by atoms with Crippen LogP contribution in [-0.4, -0.2) is 69.7 Å². The van der Waals surface area contributed by atoms with Gasteiger partial charge in [-0.1, -0.05) is 11.8 Å². The quantitative estimate of drug-likeness (QED) is 0.914. The average Bonchev–Trinajstić information content (AvgIpc) is 3.14. The lowest BCUT2D eigenvalue weighted by Crippen LogP contribution is -2.37. The number of hydrogen-bond acceptors (Lipinski definition) is 4. The van der Waals surface area contributed by atoms with Gasteiger partial charge in [0.1, 0.15) is 5.65 Å². The summed E-state index contributed by atoms with van der Waals surface area (Å²) in [6, 6.07) is 3.62. The van der Waals surface area contributed by atoms with Gasteiger partial charge in [-0.3, -0.25) is 9.59 Å². The molecule has 0 aromatic carbocycles. The molecule has 1 fully saturated rings. The van der Waals surface area contributed by atoms with E-state index in [2.05, 4.69) is 15.0 Å². The highest BCUT2D eigenvalue weighted by Gasteiger charge is 2.24. The number of aliphatic imine (C=N–C) groups is 1. The zero-order chi connectivity index (χ0) is 16.4. The second-order valence-corrected chi connectivity index (χ2v) is 6.42. The molecule has 1 saturated heterocycles. The standard InChI is InChI=1S/C15H17N5O2S/c1-19(2)12(21)9-20-6-7-23-15(20)18-14(22)11-8-17-13-10(11)4-3-5-16-13/h3-5,8H,6-7,9H2,1-2H3,(H,16,17). The van der Waals surface area contributed by atoms with Gasteiger partial charge >= 0.3 is 0 Å². The van der Waals surface area contributed by atoms with Gasteiger partial charge in [0, 0.05) is 44.2 Å². The smallest absolute Gasteiger partial charge is 0.281 e. The minimum atomic E-state index is -0.323. The molecule has 0 unspecified atom stereocenters. The predicted molar refractivity (Wildman–Crippen MR) is 90.6 cm³/mol. The van der Waals surface area contributed by atoms with Crippen LogP contribution in [0.2, 0.25) is 0 Å². The lowest BCUT2D eigenvalue weighted by molar-refractivity contribution is -0.128. The van der Waals surface area contributed by atoms with E-state index in [9.17, 15) is 9.59 Å². The molecule has 1 N–H and O–H groups in total. The van der Waals surface area contributed by atoms with Gasteiger partial charge in [0.2, 0.25) is 5.91 Å². The van der Waals surface area contributed by atoms with Crippen LogP contribution >= 0.6 is 11.8 Å². The molecule has 0 spiro atoms. The third kappa shape index (κ3) is 3.21. The fourth-order valence-corrected chi connectivity index (χ4v) is 3.25. The number of rotatable bonds is 3. The van der Waals surface area contributed by atoms with Crippen molar-refractivity contribution in [3.8, 4) is 0 Å². The van der Waals surface area contributed by atoms with Crippen molar-refractivity contribution in [1.29, 1.82) is 0 Å². The van der Waals surface area contributed by atoms with Gasteiger partial charge in [0.05, 0.1) is 12.1 Å². The number of hydrogen-bond donors (Lipinski definition) is 1. The Hall–Kier alpha value is -2.35. The Morgan fingerprint density at radius 2 is 2.30 bits per heavy atom. The molecule has 0 radical (unpaired) electrons. The number of likely N-dealkylation sites (N-methyl/N-ethyl adjacent to an activating group) is 1. The Labute approximate surface area is 137 Å². The van der Waals surface area contributed by atoms with Crippen molar-refractivity contribution in [3.05, 3.63) is 30.1 Å². The van der Waals surface area contributed by atoms with Crippen molar-refractivity contribution in [1.82, 2.24) is 19.8 Å². The van der Waals surface area contributed by atoms with Gasteiger partial charge in [-0.2, -0.15) is 4.99 Å². The lowest BCUT2D eigenvalue weighted by Gasteiger charge is -2.19. The van der Waals surface area contributed by atoms with E-state index >= 15 is 0 Å². The van der Waals surface area contributed by atoms with E-state index in [1.165, 1.54) is 16.7 Å². The number of carbonyl (C=O) groups excluding carboxylic acids is 2. The fourth-order valence-electron chi connectivity index (χ4n) is 2.27. The third-order valence-corrected chi connectivity index (χ3v) is 4.56. The van der Waals surface area contributed by atoms with Gasteiger partial charge in [0.25, 0.3) is 5.91 Å². The van der Waals surface area contributed by atoms with Crippen LogP contribution < -0.4 is 0 Å². The Bertz CT molecular complexity index is 783. The van der Waals surface area contributed by atoms with E-state index in [0.29, 0.717) is 22.9 Å². The largest absolute Gasteiger partial charge is 0.347 e. The molecule has 3 rings (SSSR count). The number of amides is 2. The minimum Gasteiger partial charge on any atom is -0.347 e. The first kappa shape index (κ1) is 15.5. The van der Waals surface area contributed by atoms with Crippen LogP contribution in [0.15, 0.2) is 29.5 Å². The van der Waals surface area contributed by atoms with E-state index in [1.807, 2.05) is 11.0 Å². The molecule has 8 heteroatoms. The maximum atomic E-state index is 12.5. The first-order chi connectivity index (χ1) is 11.1. The second kappa shape index (κ2) is 6.41. The van der Waals surface area contributed by atoms with Crippen LogP contribution in [0.4, 0.5) is 0 Å². The first-order valence-corrected chi connectivity index (χ1v) is 8.18. The van der Waals surface area contributed by atoms with E-state index < -0.39 is 0 Å². The maximum absolute atomic E-state index is 12.5. The molecule has 120 valence electrons. The molecule has 1 aliphatic rings. The highest BCUT2D eigenvalue weighted by molar-refractivity contribution is 8.14. The second-order valence-electron chi connectivity index (χ2n) is 5.36. The summed E-state index contributed by atoms with van der Waals surface area (Å²) in [5.41, 5.74) is 1.15. The van der Waals surface area contributed by atoms with Gasteiger partial charge in [0.15, 0.2) is 5.17 Å². The first-order valence-electron chi connectivity index (χ1n) is 7.19. The molecule has 23 heavy (non-hydrogen) atoms. The van der Waals surface area contributed by atoms with Gasteiger partial charge < -0.3 is 14.8 Å². The van der Waals surface area contributed by atoms with Crippen molar-refractivity contribution in [3.63, 3.8) is 0 Å². The van der Waals surface area contributed by atoms with E-state index in [1.54, 1.807) is 32.6 Å². The molecule has 0 aliphatic carbocycles. The summed E-state index contributed by atoms with van der Waals surface area (Å²) >= 11 is 1.49. The molecule has 0 saturated carbocycles. The highest BCUT2D eigenvalue weighted by atomic mass is 32.2. The summed E-state index contributed by atoms with van der Waals surface area (Å²) in [4.78, 5) is 39.1. The summed E-state index contributed by atoms with van der Waals surface area (Å²) in [6.45, 7) is 0.952. The molecule has 0 bridgehead atoms. The number of thioether (sulfide) groups is 1. The normalized spacial score (nSPS) is 16.3. The summed E-state index contributed by atoms with van der Waals surface area (Å²) in [7, 11) is 3.43. The van der Waals surface area contributed by atoms with Gasteiger partial charge in [-0.05, 0) is 12.1 Å². The van der Waals surface area contributed by atoms with Crippen molar-refractivity contribution in [2.24, 2.45) is 4.99 Å². The molecule has 0 atom stereocenters. The molecule has 3 heterocycles. The van der Waals surface area contributed by atoms with Gasteiger partial charge in [-0.25, -0.2) is 4.98 Å². The van der Waals surface area contributed by atoms with Crippen LogP contribution in [0.3, 0.4) is 0 Å². The SMILES string of the molecule is CN(C)C(=O)CN1CCSC1=NC(=O)c1c[nH]c2ncccc12.